The molecule has 3 rings (SSSR count). The van der Waals surface area contributed by atoms with Crippen molar-refractivity contribution >= 4 is 11.9 Å². The quantitative estimate of drug-likeness (QED) is 0.584. The highest BCUT2D eigenvalue weighted by molar-refractivity contribution is 5.82. The van der Waals surface area contributed by atoms with Crippen molar-refractivity contribution in [2.24, 2.45) is 4.99 Å². The van der Waals surface area contributed by atoms with Gasteiger partial charge >= 0.3 is 0 Å². The molecule has 114 valence electrons. The summed E-state index contributed by atoms with van der Waals surface area (Å²) in [4.78, 5) is 4.53. The molecule has 3 aromatic rings. The molecule has 0 aliphatic rings. The molecule has 0 N–H and O–H groups in total. The standard InChI is InChI=1S/C21H19NO/c1-17-7-5-6-10-21(17)22-15-18-11-13-20(14-12-18)23-16-19-8-3-2-4-9-19/h2-15H,16H2,1H3. The Hall–Kier alpha value is -2.87. The molecule has 3 aromatic carbocycles. The van der Waals surface area contributed by atoms with E-state index in [1.165, 1.54) is 5.56 Å². The average molecular weight is 301 g/mol. The van der Waals surface area contributed by atoms with Crippen molar-refractivity contribution in [1.82, 2.24) is 0 Å². The topological polar surface area (TPSA) is 21.6 Å². The predicted molar refractivity (Wildman–Crippen MR) is 95.6 cm³/mol. The third-order valence-electron chi connectivity index (χ3n) is 3.60. The van der Waals surface area contributed by atoms with E-state index in [2.05, 4.69) is 30.1 Å². The summed E-state index contributed by atoms with van der Waals surface area (Å²) in [6.45, 7) is 2.64. The second-order valence-corrected chi connectivity index (χ2v) is 5.39. The Morgan fingerprint density at radius 1 is 0.826 bits per heavy atom. The van der Waals surface area contributed by atoms with E-state index in [0.29, 0.717) is 6.61 Å². The molecule has 0 saturated carbocycles. The van der Waals surface area contributed by atoms with Crippen molar-refractivity contribution in [2.45, 2.75) is 13.5 Å². The Balaban J connectivity index is 1.62. The molecule has 0 heterocycles. The molecule has 2 heteroatoms. The van der Waals surface area contributed by atoms with Gasteiger partial charge in [-0.1, -0.05) is 48.5 Å². The maximum atomic E-state index is 5.78. The largest absolute Gasteiger partial charge is 0.489 e. The summed E-state index contributed by atoms with van der Waals surface area (Å²) >= 11 is 0. The van der Waals surface area contributed by atoms with Crippen LogP contribution in [0.3, 0.4) is 0 Å². The van der Waals surface area contributed by atoms with Crippen molar-refractivity contribution in [3.05, 3.63) is 95.6 Å². The third kappa shape index (κ3) is 4.30. The first-order chi connectivity index (χ1) is 11.3. The molecule has 2 nitrogen and oxygen atoms in total. The monoisotopic (exact) mass is 301 g/mol. The fraction of sp³-hybridized carbons (Fsp3) is 0.0952. The summed E-state index contributed by atoms with van der Waals surface area (Å²) in [5.74, 6) is 0.863. The highest BCUT2D eigenvalue weighted by Crippen LogP contribution is 2.18. The van der Waals surface area contributed by atoms with Gasteiger partial charge in [0.05, 0.1) is 5.69 Å². The van der Waals surface area contributed by atoms with Crippen LogP contribution in [0.25, 0.3) is 0 Å². The number of aliphatic imine (C=N–C) groups is 1. The van der Waals surface area contributed by atoms with Crippen LogP contribution in [0.1, 0.15) is 16.7 Å². The van der Waals surface area contributed by atoms with Crippen LogP contribution in [0.2, 0.25) is 0 Å². The Labute approximate surface area is 137 Å². The molecule has 0 spiro atoms. The van der Waals surface area contributed by atoms with Gasteiger partial charge < -0.3 is 4.74 Å². The van der Waals surface area contributed by atoms with Crippen LogP contribution in [0.15, 0.2) is 83.9 Å². The predicted octanol–water partition coefficient (Wildman–Crippen LogP) is 5.32. The molecule has 0 aliphatic carbocycles. The maximum Gasteiger partial charge on any atom is 0.119 e. The maximum absolute atomic E-state index is 5.78. The normalized spacial score (nSPS) is 10.8. The lowest BCUT2D eigenvalue weighted by Gasteiger charge is -2.06. The van der Waals surface area contributed by atoms with Gasteiger partial charge in [0.2, 0.25) is 0 Å². The number of rotatable bonds is 5. The lowest BCUT2D eigenvalue weighted by atomic mass is 10.2. The summed E-state index contributed by atoms with van der Waals surface area (Å²) in [5, 5.41) is 0. The summed E-state index contributed by atoms with van der Waals surface area (Å²) in [6, 6.07) is 26.2. The van der Waals surface area contributed by atoms with Gasteiger partial charge in [-0.05, 0) is 53.9 Å². The molecule has 0 bridgehead atoms. The molecule has 0 atom stereocenters. The number of nitrogens with zero attached hydrogens (tertiary/aromatic N) is 1. The van der Waals surface area contributed by atoms with Gasteiger partial charge in [0.25, 0.3) is 0 Å². The lowest BCUT2D eigenvalue weighted by Crippen LogP contribution is -1.95. The van der Waals surface area contributed by atoms with Crippen molar-refractivity contribution in [3.63, 3.8) is 0 Å². The molecule has 0 amide bonds. The summed E-state index contributed by atoms with van der Waals surface area (Å²) in [5.41, 5.74) is 4.39. The van der Waals surface area contributed by atoms with Gasteiger partial charge in [-0.3, -0.25) is 4.99 Å². The van der Waals surface area contributed by atoms with E-state index < -0.39 is 0 Å². The first-order valence-corrected chi connectivity index (χ1v) is 7.68. The van der Waals surface area contributed by atoms with E-state index in [0.717, 1.165) is 22.6 Å². The summed E-state index contributed by atoms with van der Waals surface area (Å²) in [6.07, 6.45) is 1.88. The van der Waals surface area contributed by atoms with Crippen molar-refractivity contribution < 1.29 is 4.74 Å². The van der Waals surface area contributed by atoms with E-state index in [-0.39, 0.29) is 0 Å². The van der Waals surface area contributed by atoms with Gasteiger partial charge in [-0.25, -0.2) is 0 Å². The molecule has 23 heavy (non-hydrogen) atoms. The average Bonchev–Trinajstić information content (AvgIpc) is 2.61. The second-order valence-electron chi connectivity index (χ2n) is 5.39. The van der Waals surface area contributed by atoms with E-state index in [4.69, 9.17) is 4.74 Å². The molecule has 0 saturated heterocycles. The van der Waals surface area contributed by atoms with Crippen LogP contribution in [0.5, 0.6) is 5.75 Å². The fourth-order valence-corrected chi connectivity index (χ4v) is 2.24. The number of hydrogen-bond donors (Lipinski definition) is 0. The minimum Gasteiger partial charge on any atom is -0.489 e. The number of para-hydroxylation sites is 1. The Morgan fingerprint density at radius 3 is 2.26 bits per heavy atom. The summed E-state index contributed by atoms with van der Waals surface area (Å²) < 4.78 is 5.78. The van der Waals surface area contributed by atoms with E-state index in [1.807, 2.05) is 66.9 Å². The van der Waals surface area contributed by atoms with Gasteiger partial charge in [0.1, 0.15) is 12.4 Å². The zero-order valence-corrected chi connectivity index (χ0v) is 13.1. The van der Waals surface area contributed by atoms with E-state index in [9.17, 15) is 0 Å². The Morgan fingerprint density at radius 2 is 1.52 bits per heavy atom. The van der Waals surface area contributed by atoms with Crippen LogP contribution in [-0.2, 0) is 6.61 Å². The summed E-state index contributed by atoms with van der Waals surface area (Å²) in [7, 11) is 0. The highest BCUT2D eigenvalue weighted by Gasteiger charge is 1.97. The third-order valence-corrected chi connectivity index (χ3v) is 3.60. The Bertz CT molecular complexity index is 776. The highest BCUT2D eigenvalue weighted by atomic mass is 16.5. The smallest absolute Gasteiger partial charge is 0.119 e. The lowest BCUT2D eigenvalue weighted by molar-refractivity contribution is 0.306. The van der Waals surface area contributed by atoms with Crippen LogP contribution in [-0.4, -0.2) is 6.21 Å². The molecular weight excluding hydrogens is 282 g/mol. The molecular formula is C21H19NO. The number of hydrogen-bond acceptors (Lipinski definition) is 2. The number of aryl methyl sites for hydroxylation is 1. The minimum absolute atomic E-state index is 0.581. The second kappa shape index (κ2) is 7.41. The number of ether oxygens (including phenoxy) is 1. The molecule has 0 fully saturated rings. The Kier molecular flexibility index (Phi) is 4.85. The molecule has 0 aliphatic heterocycles. The van der Waals surface area contributed by atoms with Gasteiger partial charge in [0, 0.05) is 6.21 Å². The molecule has 0 aromatic heterocycles. The van der Waals surface area contributed by atoms with Gasteiger partial charge in [-0.15, -0.1) is 0 Å². The van der Waals surface area contributed by atoms with Crippen LogP contribution < -0.4 is 4.74 Å². The first-order valence-electron chi connectivity index (χ1n) is 7.68. The molecule has 0 radical (unpaired) electrons. The van der Waals surface area contributed by atoms with Gasteiger partial charge in [0.15, 0.2) is 0 Å². The fourth-order valence-electron chi connectivity index (χ4n) is 2.24. The van der Waals surface area contributed by atoms with Crippen molar-refractivity contribution in [1.29, 1.82) is 0 Å². The van der Waals surface area contributed by atoms with Crippen molar-refractivity contribution in [2.75, 3.05) is 0 Å². The van der Waals surface area contributed by atoms with E-state index >= 15 is 0 Å². The van der Waals surface area contributed by atoms with Crippen LogP contribution in [0, 0.1) is 6.92 Å². The van der Waals surface area contributed by atoms with Gasteiger partial charge in [-0.2, -0.15) is 0 Å². The molecule has 0 unspecified atom stereocenters. The first kappa shape index (κ1) is 15.0. The zero-order chi connectivity index (χ0) is 15.9. The number of benzene rings is 3. The zero-order valence-electron chi connectivity index (χ0n) is 13.1. The van der Waals surface area contributed by atoms with Crippen LogP contribution >= 0.6 is 0 Å². The minimum atomic E-state index is 0.581. The SMILES string of the molecule is Cc1ccccc1N=Cc1ccc(OCc2ccccc2)cc1. The van der Waals surface area contributed by atoms with E-state index in [1.54, 1.807) is 0 Å². The van der Waals surface area contributed by atoms with Crippen molar-refractivity contribution in [3.8, 4) is 5.75 Å². The van der Waals surface area contributed by atoms with Crippen LogP contribution in [0.4, 0.5) is 5.69 Å².